The van der Waals surface area contributed by atoms with Crippen molar-refractivity contribution in [2.45, 2.75) is 39.3 Å². The molecule has 28 heavy (non-hydrogen) atoms. The van der Waals surface area contributed by atoms with Gasteiger partial charge in [-0.1, -0.05) is 62.1 Å². The van der Waals surface area contributed by atoms with Gasteiger partial charge in [-0.15, -0.1) is 0 Å². The molecule has 0 radical (unpaired) electrons. The Labute approximate surface area is 166 Å². The molecule has 0 saturated carbocycles. The number of aryl methyl sites for hydroxylation is 1. The third-order valence-electron chi connectivity index (χ3n) is 4.67. The van der Waals surface area contributed by atoms with Gasteiger partial charge in [-0.25, -0.2) is 4.98 Å². The predicted molar refractivity (Wildman–Crippen MR) is 115 cm³/mol. The number of carbonyl (C=O) groups excluding carboxylic acids is 1. The summed E-state index contributed by atoms with van der Waals surface area (Å²) in [4.78, 5) is 30.7. The monoisotopic (exact) mass is 394 g/mol. The fourth-order valence-corrected chi connectivity index (χ4v) is 3.75. The molecule has 146 valence electrons. The summed E-state index contributed by atoms with van der Waals surface area (Å²) in [6, 6.07) is 15.2. The summed E-state index contributed by atoms with van der Waals surface area (Å²) in [5.74, 6) is 0.398. The number of rotatable bonds is 7. The lowest BCUT2D eigenvalue weighted by Gasteiger charge is -2.17. The highest BCUT2D eigenvalue weighted by molar-refractivity contribution is 6.76. The minimum atomic E-state index is -1.20. The molecule has 0 bridgehead atoms. The van der Waals surface area contributed by atoms with Crippen LogP contribution in [0.4, 0.5) is 0 Å². The molecule has 2 aromatic carbocycles. The summed E-state index contributed by atoms with van der Waals surface area (Å²) in [5.41, 5.74) is 1.21. The smallest absolute Gasteiger partial charge is 0.264 e. The molecule has 3 aromatic rings. The molecule has 0 saturated heterocycles. The van der Waals surface area contributed by atoms with Crippen LogP contribution < -0.4 is 5.56 Å². The second-order valence-electron chi connectivity index (χ2n) is 8.14. The van der Waals surface area contributed by atoms with Crippen LogP contribution in [0, 0.1) is 6.92 Å². The van der Waals surface area contributed by atoms with Gasteiger partial charge in [0.25, 0.3) is 5.56 Å². The number of benzene rings is 2. The summed E-state index contributed by atoms with van der Waals surface area (Å²) in [5, 5.41) is 0.343. The van der Waals surface area contributed by atoms with E-state index in [2.05, 4.69) is 24.6 Å². The average Bonchev–Trinajstić information content (AvgIpc) is 2.66. The van der Waals surface area contributed by atoms with Gasteiger partial charge >= 0.3 is 0 Å². The SMILES string of the molecule is Cc1nc2cccc(C(=O)c3ccccc3)c2c(=O)n1COCC[Si](C)(C)C. The number of fused-ring (bicyclic) bond motifs is 1. The highest BCUT2D eigenvalue weighted by Gasteiger charge is 2.18. The third kappa shape index (κ3) is 4.46. The van der Waals surface area contributed by atoms with Crippen molar-refractivity contribution in [1.29, 1.82) is 0 Å². The first-order valence-corrected chi connectivity index (χ1v) is 13.2. The number of hydrogen-bond acceptors (Lipinski definition) is 4. The van der Waals surface area contributed by atoms with Crippen molar-refractivity contribution >= 4 is 24.8 Å². The maximum absolute atomic E-state index is 13.2. The van der Waals surface area contributed by atoms with E-state index in [1.807, 2.05) is 18.2 Å². The molecular weight excluding hydrogens is 368 g/mol. The van der Waals surface area contributed by atoms with E-state index >= 15 is 0 Å². The molecule has 1 aromatic heterocycles. The van der Waals surface area contributed by atoms with Gasteiger partial charge in [0.05, 0.1) is 10.9 Å². The summed E-state index contributed by atoms with van der Waals surface area (Å²) < 4.78 is 7.27. The zero-order valence-corrected chi connectivity index (χ0v) is 17.9. The van der Waals surface area contributed by atoms with Crippen LogP contribution in [-0.2, 0) is 11.5 Å². The third-order valence-corrected chi connectivity index (χ3v) is 6.38. The van der Waals surface area contributed by atoms with Crippen LogP contribution in [0.15, 0.2) is 53.3 Å². The molecule has 0 aliphatic heterocycles. The van der Waals surface area contributed by atoms with Gasteiger partial charge in [0.2, 0.25) is 0 Å². The van der Waals surface area contributed by atoms with Crippen LogP contribution >= 0.6 is 0 Å². The van der Waals surface area contributed by atoms with Gasteiger partial charge in [0.1, 0.15) is 12.6 Å². The first kappa shape index (κ1) is 20.2. The van der Waals surface area contributed by atoms with E-state index in [0.717, 1.165) is 6.04 Å². The standard InChI is InChI=1S/C22H26N2O3Si/c1-16-23-19-12-8-11-18(21(25)17-9-6-5-7-10-17)20(19)22(26)24(16)15-27-13-14-28(2,3)4/h5-12H,13-15H2,1-4H3. The zero-order valence-electron chi connectivity index (χ0n) is 16.9. The summed E-state index contributed by atoms with van der Waals surface area (Å²) >= 11 is 0. The molecule has 1 heterocycles. The van der Waals surface area contributed by atoms with E-state index in [1.54, 1.807) is 37.3 Å². The Morgan fingerprint density at radius 2 is 1.79 bits per heavy atom. The van der Waals surface area contributed by atoms with E-state index in [0.29, 0.717) is 34.5 Å². The van der Waals surface area contributed by atoms with Gasteiger partial charge in [0.15, 0.2) is 5.78 Å². The van der Waals surface area contributed by atoms with Gasteiger partial charge in [0, 0.05) is 25.8 Å². The first-order chi connectivity index (χ1) is 13.3. The molecule has 5 nitrogen and oxygen atoms in total. The van der Waals surface area contributed by atoms with Crippen molar-refractivity contribution in [2.24, 2.45) is 0 Å². The molecule has 0 unspecified atom stereocenters. The van der Waals surface area contributed by atoms with E-state index in [9.17, 15) is 9.59 Å². The van der Waals surface area contributed by atoms with Gasteiger partial charge in [-0.2, -0.15) is 0 Å². The Bertz CT molecular complexity index is 1050. The van der Waals surface area contributed by atoms with Gasteiger partial charge in [-0.3, -0.25) is 14.2 Å². The van der Waals surface area contributed by atoms with Crippen molar-refractivity contribution in [3.63, 3.8) is 0 Å². The second-order valence-corrected chi connectivity index (χ2v) is 13.8. The number of aromatic nitrogens is 2. The molecule has 6 heteroatoms. The van der Waals surface area contributed by atoms with Crippen LogP contribution in [-0.4, -0.2) is 30.0 Å². The fraction of sp³-hybridized carbons (Fsp3) is 0.318. The topological polar surface area (TPSA) is 61.2 Å². The lowest BCUT2D eigenvalue weighted by molar-refractivity contribution is 0.0828. The van der Waals surface area contributed by atoms with Crippen molar-refractivity contribution in [3.05, 3.63) is 75.8 Å². The number of hydrogen-bond donors (Lipinski definition) is 0. The second kappa shape index (κ2) is 8.20. The molecular formula is C22H26N2O3Si. The minimum Gasteiger partial charge on any atom is -0.361 e. The first-order valence-electron chi connectivity index (χ1n) is 9.45. The van der Waals surface area contributed by atoms with Crippen LogP contribution in [0.3, 0.4) is 0 Å². The molecule has 0 spiro atoms. The Kier molecular flexibility index (Phi) is 5.91. The number of nitrogens with zero attached hydrogens (tertiary/aromatic N) is 2. The largest absolute Gasteiger partial charge is 0.361 e. The average molecular weight is 395 g/mol. The number of carbonyl (C=O) groups is 1. The summed E-state index contributed by atoms with van der Waals surface area (Å²) in [6.45, 7) is 9.40. The molecule has 0 N–H and O–H groups in total. The molecule has 0 aliphatic rings. The molecule has 0 atom stereocenters. The van der Waals surface area contributed by atoms with E-state index in [1.165, 1.54) is 4.57 Å². The van der Waals surface area contributed by atoms with Crippen LogP contribution in [0.5, 0.6) is 0 Å². The zero-order chi connectivity index (χ0) is 20.3. The normalized spacial score (nSPS) is 11.7. The van der Waals surface area contributed by atoms with Crippen molar-refractivity contribution < 1.29 is 9.53 Å². The Morgan fingerprint density at radius 3 is 2.46 bits per heavy atom. The predicted octanol–water partition coefficient (Wildman–Crippen LogP) is 4.25. The van der Waals surface area contributed by atoms with Crippen molar-refractivity contribution in [2.75, 3.05) is 6.61 Å². The number of ketones is 1. The maximum atomic E-state index is 13.2. The molecule has 0 amide bonds. The van der Waals surface area contributed by atoms with Crippen molar-refractivity contribution in [1.82, 2.24) is 9.55 Å². The summed E-state index contributed by atoms with van der Waals surface area (Å²) in [6.07, 6.45) is 0. The number of ether oxygens (including phenoxy) is 1. The highest BCUT2D eigenvalue weighted by atomic mass is 28.3. The molecule has 0 fully saturated rings. The van der Waals surface area contributed by atoms with E-state index in [4.69, 9.17) is 4.74 Å². The fourth-order valence-electron chi connectivity index (χ4n) is 3.00. The van der Waals surface area contributed by atoms with E-state index < -0.39 is 8.07 Å². The minimum absolute atomic E-state index is 0.145. The Morgan fingerprint density at radius 1 is 1.07 bits per heavy atom. The van der Waals surface area contributed by atoms with Crippen LogP contribution in [0.25, 0.3) is 10.9 Å². The molecule has 3 rings (SSSR count). The van der Waals surface area contributed by atoms with Gasteiger partial charge < -0.3 is 4.74 Å². The lowest BCUT2D eigenvalue weighted by atomic mass is 10.00. The maximum Gasteiger partial charge on any atom is 0.264 e. The van der Waals surface area contributed by atoms with Gasteiger partial charge in [-0.05, 0) is 19.0 Å². The Hall–Kier alpha value is -2.57. The Balaban J connectivity index is 1.99. The lowest BCUT2D eigenvalue weighted by Crippen LogP contribution is -2.28. The highest BCUT2D eigenvalue weighted by Crippen LogP contribution is 2.18. The van der Waals surface area contributed by atoms with E-state index in [-0.39, 0.29) is 18.1 Å². The van der Waals surface area contributed by atoms with Crippen molar-refractivity contribution in [3.8, 4) is 0 Å². The van der Waals surface area contributed by atoms with Crippen LogP contribution in [0.1, 0.15) is 21.7 Å². The quantitative estimate of drug-likeness (QED) is 0.341. The molecule has 0 aliphatic carbocycles. The van der Waals surface area contributed by atoms with Crippen LogP contribution in [0.2, 0.25) is 25.7 Å². The summed E-state index contributed by atoms with van der Waals surface area (Å²) in [7, 11) is -1.20.